The lowest BCUT2D eigenvalue weighted by atomic mass is 10.1. The smallest absolute Gasteiger partial charge is 0.326 e. The standard InChI is InChI=1S/C24H23N5O/c30-24(29-17-7-2-8-18-29)28-22-13-12-21(19-9-3-1-4-10-19)27-23(22)26-16-14-20-11-5-6-15-25-20/h1-13,15,17H,14,16,18H2,(H,26,27)(H,28,30). The van der Waals surface area contributed by atoms with Gasteiger partial charge in [0.2, 0.25) is 0 Å². The number of hydrogen-bond acceptors (Lipinski definition) is 4. The van der Waals surface area contributed by atoms with Gasteiger partial charge in [-0.1, -0.05) is 48.6 Å². The van der Waals surface area contributed by atoms with Gasteiger partial charge in [0.25, 0.3) is 0 Å². The topological polar surface area (TPSA) is 70.1 Å². The molecule has 2 amide bonds. The van der Waals surface area contributed by atoms with Crippen LogP contribution in [0, 0.1) is 0 Å². The monoisotopic (exact) mass is 397 g/mol. The molecule has 1 aromatic carbocycles. The number of carbonyl (C=O) groups excluding carboxylic acids is 1. The molecule has 6 nitrogen and oxygen atoms in total. The first-order chi connectivity index (χ1) is 14.8. The molecule has 0 atom stereocenters. The van der Waals surface area contributed by atoms with E-state index in [9.17, 15) is 4.79 Å². The number of amides is 2. The third-order valence-corrected chi connectivity index (χ3v) is 4.68. The summed E-state index contributed by atoms with van der Waals surface area (Å²) in [5, 5.41) is 6.33. The van der Waals surface area contributed by atoms with Gasteiger partial charge in [0.1, 0.15) is 0 Å². The fraction of sp³-hybridized carbons (Fsp3) is 0.125. The summed E-state index contributed by atoms with van der Waals surface area (Å²) in [5.74, 6) is 0.636. The van der Waals surface area contributed by atoms with Crippen molar-refractivity contribution in [2.24, 2.45) is 0 Å². The molecule has 4 rings (SSSR count). The Morgan fingerprint density at radius 2 is 1.87 bits per heavy atom. The van der Waals surface area contributed by atoms with Crippen LogP contribution in [0.25, 0.3) is 11.3 Å². The van der Waals surface area contributed by atoms with Gasteiger partial charge in [-0.2, -0.15) is 0 Å². The average molecular weight is 397 g/mol. The van der Waals surface area contributed by atoms with E-state index in [4.69, 9.17) is 4.98 Å². The normalized spacial score (nSPS) is 12.6. The van der Waals surface area contributed by atoms with E-state index in [1.54, 1.807) is 17.3 Å². The van der Waals surface area contributed by atoms with E-state index >= 15 is 0 Å². The molecule has 30 heavy (non-hydrogen) atoms. The molecule has 0 spiro atoms. The van der Waals surface area contributed by atoms with Gasteiger partial charge in [0.05, 0.1) is 11.4 Å². The number of allylic oxidation sites excluding steroid dienone is 2. The van der Waals surface area contributed by atoms with Crippen LogP contribution in [0.15, 0.2) is 91.3 Å². The molecule has 0 bridgehead atoms. The van der Waals surface area contributed by atoms with Gasteiger partial charge in [-0.25, -0.2) is 9.78 Å². The second-order valence-electron chi connectivity index (χ2n) is 6.81. The maximum absolute atomic E-state index is 12.6. The highest BCUT2D eigenvalue weighted by atomic mass is 16.2. The second-order valence-corrected chi connectivity index (χ2v) is 6.81. The van der Waals surface area contributed by atoms with Crippen LogP contribution in [0.5, 0.6) is 0 Å². The molecule has 1 aliphatic rings. The molecule has 0 saturated carbocycles. The Morgan fingerprint density at radius 1 is 1.00 bits per heavy atom. The molecule has 6 heteroatoms. The number of pyridine rings is 2. The van der Waals surface area contributed by atoms with Crippen LogP contribution in [0.2, 0.25) is 0 Å². The number of anilines is 2. The van der Waals surface area contributed by atoms with Gasteiger partial charge in [-0.05, 0) is 30.3 Å². The first-order valence-electron chi connectivity index (χ1n) is 9.91. The van der Waals surface area contributed by atoms with E-state index in [0.717, 1.165) is 23.4 Å². The predicted molar refractivity (Wildman–Crippen MR) is 120 cm³/mol. The number of aromatic nitrogens is 2. The highest BCUT2D eigenvalue weighted by Crippen LogP contribution is 2.26. The molecule has 0 fully saturated rings. The Labute approximate surface area is 176 Å². The Balaban J connectivity index is 1.53. The van der Waals surface area contributed by atoms with Crippen molar-refractivity contribution in [2.75, 3.05) is 23.7 Å². The quantitative estimate of drug-likeness (QED) is 0.632. The zero-order valence-electron chi connectivity index (χ0n) is 16.5. The third kappa shape index (κ3) is 4.91. The van der Waals surface area contributed by atoms with Gasteiger partial charge in [-0.15, -0.1) is 0 Å². The van der Waals surface area contributed by atoms with Crippen molar-refractivity contribution in [1.82, 2.24) is 14.9 Å². The molecular weight excluding hydrogens is 374 g/mol. The van der Waals surface area contributed by atoms with Gasteiger partial charge in [0, 0.05) is 43.2 Å². The first-order valence-corrected chi connectivity index (χ1v) is 9.91. The van der Waals surface area contributed by atoms with Crippen LogP contribution in [0.4, 0.5) is 16.3 Å². The van der Waals surface area contributed by atoms with Crippen molar-refractivity contribution in [3.63, 3.8) is 0 Å². The molecule has 0 radical (unpaired) electrons. The Kier molecular flexibility index (Phi) is 6.15. The predicted octanol–water partition coefficient (Wildman–Crippen LogP) is 4.72. The van der Waals surface area contributed by atoms with E-state index in [2.05, 4.69) is 15.6 Å². The lowest BCUT2D eigenvalue weighted by Crippen LogP contribution is -2.31. The zero-order valence-corrected chi connectivity index (χ0v) is 16.5. The van der Waals surface area contributed by atoms with Crippen molar-refractivity contribution < 1.29 is 4.79 Å². The van der Waals surface area contributed by atoms with Crippen molar-refractivity contribution in [2.45, 2.75) is 6.42 Å². The van der Waals surface area contributed by atoms with Crippen LogP contribution in [-0.4, -0.2) is 34.0 Å². The van der Waals surface area contributed by atoms with Crippen molar-refractivity contribution in [3.8, 4) is 11.3 Å². The summed E-state index contributed by atoms with van der Waals surface area (Å²) in [4.78, 5) is 23.4. The summed E-state index contributed by atoms with van der Waals surface area (Å²) in [6.45, 7) is 1.19. The van der Waals surface area contributed by atoms with Crippen molar-refractivity contribution in [3.05, 3.63) is 97.0 Å². The minimum absolute atomic E-state index is 0.197. The van der Waals surface area contributed by atoms with Crippen LogP contribution in [-0.2, 0) is 6.42 Å². The fourth-order valence-corrected chi connectivity index (χ4v) is 3.12. The van der Waals surface area contributed by atoms with E-state index in [1.807, 2.05) is 78.9 Å². The molecule has 0 aliphatic carbocycles. The summed E-state index contributed by atoms with van der Waals surface area (Å²) in [6, 6.07) is 19.5. The van der Waals surface area contributed by atoms with E-state index in [0.29, 0.717) is 24.6 Å². The van der Waals surface area contributed by atoms with Crippen molar-refractivity contribution in [1.29, 1.82) is 0 Å². The maximum atomic E-state index is 12.6. The number of carbonyl (C=O) groups is 1. The maximum Gasteiger partial charge on any atom is 0.326 e. The number of benzene rings is 1. The van der Waals surface area contributed by atoms with Crippen LogP contribution < -0.4 is 10.6 Å². The van der Waals surface area contributed by atoms with Crippen LogP contribution in [0.3, 0.4) is 0 Å². The molecule has 150 valence electrons. The minimum atomic E-state index is -0.197. The number of nitrogens with zero attached hydrogens (tertiary/aromatic N) is 3. The first kappa shape index (κ1) is 19.4. The van der Waals surface area contributed by atoms with Gasteiger partial charge in [-0.3, -0.25) is 9.88 Å². The number of nitrogens with one attached hydrogen (secondary N) is 2. The van der Waals surface area contributed by atoms with Crippen LogP contribution in [0.1, 0.15) is 5.69 Å². The fourth-order valence-electron chi connectivity index (χ4n) is 3.12. The summed E-state index contributed by atoms with van der Waals surface area (Å²) >= 11 is 0. The Bertz CT molecular complexity index is 1050. The third-order valence-electron chi connectivity index (χ3n) is 4.68. The lowest BCUT2D eigenvalue weighted by molar-refractivity contribution is 0.231. The number of rotatable bonds is 6. The Hall–Kier alpha value is -3.93. The van der Waals surface area contributed by atoms with E-state index in [1.165, 1.54) is 0 Å². The number of urea groups is 1. The Morgan fingerprint density at radius 3 is 2.63 bits per heavy atom. The highest BCUT2D eigenvalue weighted by molar-refractivity contribution is 5.93. The summed E-state index contributed by atoms with van der Waals surface area (Å²) < 4.78 is 0. The summed E-state index contributed by atoms with van der Waals surface area (Å²) in [7, 11) is 0. The zero-order chi connectivity index (χ0) is 20.6. The van der Waals surface area contributed by atoms with Crippen LogP contribution >= 0.6 is 0 Å². The second kappa shape index (κ2) is 9.52. The van der Waals surface area contributed by atoms with E-state index in [-0.39, 0.29) is 6.03 Å². The molecule has 2 aromatic heterocycles. The molecule has 1 aliphatic heterocycles. The molecule has 0 saturated heterocycles. The molecule has 2 N–H and O–H groups in total. The van der Waals surface area contributed by atoms with Gasteiger partial charge >= 0.3 is 6.03 Å². The largest absolute Gasteiger partial charge is 0.368 e. The van der Waals surface area contributed by atoms with Gasteiger partial charge in [0.15, 0.2) is 5.82 Å². The average Bonchev–Trinajstić information content (AvgIpc) is 2.82. The molecular formula is C24H23N5O. The van der Waals surface area contributed by atoms with Gasteiger partial charge < -0.3 is 10.6 Å². The highest BCUT2D eigenvalue weighted by Gasteiger charge is 2.15. The molecule has 3 heterocycles. The SMILES string of the molecule is O=C(Nc1ccc(-c2ccccc2)nc1NCCc1ccccn1)N1C=CC=CC1. The lowest BCUT2D eigenvalue weighted by Gasteiger charge is -2.20. The summed E-state index contributed by atoms with van der Waals surface area (Å²) in [6.07, 6.45) is 10.00. The molecule has 3 aromatic rings. The van der Waals surface area contributed by atoms with Crippen molar-refractivity contribution >= 4 is 17.5 Å². The molecule has 0 unspecified atom stereocenters. The minimum Gasteiger partial charge on any atom is -0.368 e. The summed E-state index contributed by atoms with van der Waals surface area (Å²) in [5.41, 5.74) is 3.51. The number of hydrogen-bond donors (Lipinski definition) is 2. The van der Waals surface area contributed by atoms with E-state index < -0.39 is 0 Å².